The molecule has 34 heteroatoms. The lowest BCUT2D eigenvalue weighted by atomic mass is 9.87. The molecular formula is C106H139ClF4N20O9. The summed E-state index contributed by atoms with van der Waals surface area (Å²) in [5.74, 6) is 5.59. The zero-order valence-electron chi connectivity index (χ0n) is 77.9. The second-order valence-electron chi connectivity index (χ2n) is 37.7. The first-order valence-corrected chi connectivity index (χ1v) is 48.9. The minimum absolute atomic E-state index is 0. The van der Waals surface area contributed by atoms with E-state index < -0.39 is 17.4 Å². The van der Waals surface area contributed by atoms with E-state index in [1.54, 1.807) is 85.2 Å². The lowest BCUT2D eigenvalue weighted by Crippen LogP contribution is -2.30. The number of methoxy groups -OCH3 is 1. The van der Waals surface area contributed by atoms with Crippen LogP contribution in [-0.4, -0.2) is 161 Å². The first-order valence-electron chi connectivity index (χ1n) is 48.5. The molecule has 752 valence electrons. The minimum atomic E-state index is -4.52. The number of halogens is 5. The summed E-state index contributed by atoms with van der Waals surface area (Å²) in [5, 5.41) is 14.5. The van der Waals surface area contributed by atoms with Gasteiger partial charge in [0.15, 0.2) is 0 Å². The van der Waals surface area contributed by atoms with Crippen LogP contribution < -0.4 is 48.8 Å². The molecular weight excluding hydrogens is 1810 g/mol. The number of hydrogen-bond acceptors (Lipinski definition) is 21. The Bertz CT molecular complexity index is 6070. The van der Waals surface area contributed by atoms with Crippen molar-refractivity contribution >= 4 is 35.4 Å². The maximum atomic E-state index is 14.1. The van der Waals surface area contributed by atoms with Crippen molar-refractivity contribution in [2.75, 3.05) is 81.2 Å². The van der Waals surface area contributed by atoms with E-state index in [4.69, 9.17) is 50.2 Å². The maximum Gasteiger partial charge on any atom is 0.416 e. The van der Waals surface area contributed by atoms with Gasteiger partial charge in [-0.1, -0.05) is 93.3 Å². The summed E-state index contributed by atoms with van der Waals surface area (Å²) in [6.45, 7) is 14.1. The fraction of sp³-hybridized carbons (Fsp3) is 0.509. The predicted octanol–water partition coefficient (Wildman–Crippen LogP) is 22.1. The summed E-state index contributed by atoms with van der Waals surface area (Å²) < 4.78 is 95.2. The first kappa shape index (κ1) is 105. The summed E-state index contributed by atoms with van der Waals surface area (Å²) in [6, 6.07) is 34.7. The van der Waals surface area contributed by atoms with E-state index in [1.165, 1.54) is 67.4 Å². The Kier molecular flexibility index (Phi) is 36.9. The summed E-state index contributed by atoms with van der Waals surface area (Å²) in [5.41, 5.74) is 5.57. The van der Waals surface area contributed by atoms with Crippen molar-refractivity contribution in [2.24, 2.45) is 23.7 Å². The highest BCUT2D eigenvalue weighted by Crippen LogP contribution is 2.38. The number of anilines is 4. The van der Waals surface area contributed by atoms with E-state index in [0.717, 1.165) is 155 Å². The lowest BCUT2D eigenvalue weighted by molar-refractivity contribution is -0.137. The molecule has 29 nitrogen and oxygen atoms in total. The number of nitrogens with zero attached hydrogens (tertiary/aromatic N) is 16. The van der Waals surface area contributed by atoms with Crippen LogP contribution in [0.3, 0.4) is 0 Å². The van der Waals surface area contributed by atoms with Crippen LogP contribution in [0.4, 0.5) is 41.4 Å². The lowest BCUT2D eigenvalue weighted by Gasteiger charge is -2.26. The topological polar surface area (TPSA) is 305 Å². The van der Waals surface area contributed by atoms with Gasteiger partial charge in [0.05, 0.1) is 81.0 Å². The third-order valence-corrected chi connectivity index (χ3v) is 28.2. The molecule has 8 fully saturated rings. The van der Waals surface area contributed by atoms with Crippen LogP contribution in [-0.2, 0) is 25.1 Å². The van der Waals surface area contributed by atoms with Gasteiger partial charge >= 0.3 is 28.9 Å². The monoisotopic (exact) mass is 1950 g/mol. The van der Waals surface area contributed by atoms with E-state index in [1.807, 2.05) is 88.4 Å². The van der Waals surface area contributed by atoms with Gasteiger partial charge in [-0.15, -0.1) is 0 Å². The summed E-state index contributed by atoms with van der Waals surface area (Å²) >= 11 is 6.27. The van der Waals surface area contributed by atoms with Gasteiger partial charge in [-0.2, -0.15) is 13.2 Å². The molecule has 140 heavy (non-hydrogen) atoms. The number of ether oxygens (including phenoxy) is 5. The van der Waals surface area contributed by atoms with Crippen molar-refractivity contribution < 1.29 is 41.2 Å². The van der Waals surface area contributed by atoms with Crippen molar-refractivity contribution in [3.63, 3.8) is 0 Å². The van der Waals surface area contributed by atoms with E-state index in [9.17, 15) is 36.7 Å². The summed E-state index contributed by atoms with van der Waals surface area (Å²) in [4.78, 5) is 91.2. The van der Waals surface area contributed by atoms with Gasteiger partial charge in [-0.05, 0) is 269 Å². The van der Waals surface area contributed by atoms with Crippen LogP contribution in [0, 0.1) is 29.5 Å². The molecule has 4 N–H and O–H groups in total. The van der Waals surface area contributed by atoms with Crippen molar-refractivity contribution in [3.8, 4) is 74.1 Å². The fourth-order valence-electron chi connectivity index (χ4n) is 19.9. The molecule has 12 heterocycles. The van der Waals surface area contributed by atoms with E-state index in [0.29, 0.717) is 164 Å². The Hall–Kier alpha value is -11.9. The summed E-state index contributed by atoms with van der Waals surface area (Å²) in [7, 11) is 1.63. The number of benzene rings is 4. The van der Waals surface area contributed by atoms with Gasteiger partial charge < -0.3 is 45.0 Å². The smallest absolute Gasteiger partial charge is 0.416 e. The Labute approximate surface area is 822 Å². The molecule has 0 unspecified atom stereocenters. The highest BCUT2D eigenvalue weighted by Gasteiger charge is 2.35. The van der Waals surface area contributed by atoms with Crippen molar-refractivity contribution in [1.82, 2.24) is 76.4 Å². The molecule has 4 aromatic carbocycles. The van der Waals surface area contributed by atoms with Gasteiger partial charge in [0.2, 0.25) is 23.8 Å². The van der Waals surface area contributed by atoms with Gasteiger partial charge in [0.25, 0.3) is 0 Å². The SMILES string of the molecule is C.C.C.C.CC1CCC(Nc2nccc(-c3cn(C4CCOCC4)c(=O)n3-c3cccc(C(F)(F)F)c3)n2)CC1.CC1CCC(Nc2nccc(-c3cn(C4CCOCC4)c(=O)n3-c3cccc(Cl)c3)n2)CC1.CC1CCC(Nc2nccc(-c3cn(C4CCOCC4)c(=O)n3-c3cccc(F)c3)n2)CC1.COc1cccc(-n2c(-c3ccnc(NC4CCC(C)CC4)n3)cn(C3CCOCC3)c2=O)c1. The zero-order valence-corrected chi connectivity index (χ0v) is 78.7. The number of aromatic nitrogens is 16. The second-order valence-corrected chi connectivity index (χ2v) is 38.1. The van der Waals surface area contributed by atoms with Crippen LogP contribution in [0.25, 0.3) is 68.3 Å². The Morgan fingerprint density at radius 1 is 0.343 bits per heavy atom. The average Bonchev–Trinajstić information content (AvgIpc) is 1.63. The molecule has 4 saturated heterocycles. The highest BCUT2D eigenvalue weighted by atomic mass is 35.5. The number of rotatable bonds is 21. The Morgan fingerprint density at radius 3 is 0.886 bits per heavy atom. The zero-order chi connectivity index (χ0) is 94.4. The van der Waals surface area contributed by atoms with Crippen molar-refractivity contribution in [3.05, 3.63) is 229 Å². The first-order chi connectivity index (χ1) is 66.1. The standard InChI is InChI=1S/C26H30F3N5O2.C26H33N5O3.C25H30ClN5O2.C25H30FN5O2.4CH4/c1-17-5-7-19(8-6-17)31-24-30-12-9-22(32-24)23-16-33(20-10-13-36-14-11-20)25(35)34(23)21-4-2-3-18(15-21)26(27,28)29;1-18-6-8-19(9-7-18)28-25-27-13-10-23(29-25)24-17-30(20-11-14-34-15-12-20)26(32)31(24)21-4-3-5-22(16-21)33-2;2*1-17-5-7-19(8-6-17)28-24-27-12-9-22(29-24)23-16-30(20-10-13-33-14-11-20)25(32)31(23)21-4-2-3-18(26)15-21;;;;/h2-4,9,12,15-17,19-20H,5-8,10-11,13-14H2,1H3,(H,30,31,32);3-5,10,13,16-20H,6-9,11-12,14-15H2,1-2H3,(H,27,28,29);2*2-4,9,12,15-17,19-20H,5-8,10-11,13-14H2,1H3,(H,27,28,29);4*1H4. The molecule has 0 atom stereocenters. The molecule has 0 radical (unpaired) electrons. The number of imidazole rings is 4. The van der Waals surface area contributed by atoms with E-state index >= 15 is 0 Å². The quantitative estimate of drug-likeness (QED) is 0.0486. The van der Waals surface area contributed by atoms with Gasteiger partial charge in [-0.3, -0.25) is 36.5 Å². The molecule has 20 rings (SSSR count). The third-order valence-electron chi connectivity index (χ3n) is 27.9. The highest BCUT2D eigenvalue weighted by molar-refractivity contribution is 6.30. The third kappa shape index (κ3) is 25.9. The molecule has 4 saturated carbocycles. The van der Waals surface area contributed by atoms with Gasteiger partial charge in [0.1, 0.15) is 11.6 Å². The number of hydrogen-bond donors (Lipinski definition) is 4. The van der Waals surface area contributed by atoms with Gasteiger partial charge in [0, 0.05) is 162 Å². The number of nitrogens with one attached hydrogen (secondary N) is 4. The van der Waals surface area contributed by atoms with Crippen molar-refractivity contribution in [1.29, 1.82) is 0 Å². The van der Waals surface area contributed by atoms with Crippen LogP contribution in [0.1, 0.15) is 241 Å². The minimum Gasteiger partial charge on any atom is -0.497 e. The molecule has 12 aromatic rings. The normalized spacial score (nSPS) is 21.0. The molecule has 4 aliphatic carbocycles. The van der Waals surface area contributed by atoms with Crippen LogP contribution in [0.15, 0.2) is 190 Å². The largest absolute Gasteiger partial charge is 0.497 e. The van der Waals surface area contributed by atoms with Crippen LogP contribution in [0.5, 0.6) is 5.75 Å². The Balaban J connectivity index is 0.000000156. The average molecular weight is 1950 g/mol. The molecule has 0 bridgehead atoms. The maximum absolute atomic E-state index is 14.1. The van der Waals surface area contributed by atoms with Crippen LogP contribution >= 0.6 is 11.6 Å². The van der Waals surface area contributed by atoms with Crippen LogP contribution in [0.2, 0.25) is 5.02 Å². The van der Waals surface area contributed by atoms with Crippen molar-refractivity contribution in [2.45, 2.75) is 266 Å². The second kappa shape index (κ2) is 49.0. The molecule has 4 aliphatic heterocycles. The molecule has 0 amide bonds. The predicted molar refractivity (Wildman–Crippen MR) is 544 cm³/mol. The molecule has 0 spiro atoms. The van der Waals surface area contributed by atoms with Gasteiger partial charge in [-0.25, -0.2) is 63.4 Å². The molecule has 8 aliphatic rings. The summed E-state index contributed by atoms with van der Waals surface area (Å²) in [6.07, 6.45) is 34.2. The Morgan fingerprint density at radius 2 is 0.607 bits per heavy atom. The molecule has 8 aromatic heterocycles. The van der Waals surface area contributed by atoms with E-state index in [-0.39, 0.29) is 88.5 Å². The fourth-order valence-corrected chi connectivity index (χ4v) is 20.1. The van der Waals surface area contributed by atoms with E-state index in [2.05, 4.69) is 73.9 Å². The number of alkyl halides is 3.